The van der Waals surface area contributed by atoms with Crippen molar-refractivity contribution in [2.24, 2.45) is 0 Å². The molecule has 1 aliphatic rings. The predicted molar refractivity (Wildman–Crippen MR) is 72.5 cm³/mol. The Balaban J connectivity index is 1.90. The second-order valence-electron chi connectivity index (χ2n) is 4.92. The number of anilines is 1. The zero-order chi connectivity index (χ0) is 12.1. The number of rotatable bonds is 5. The summed E-state index contributed by atoms with van der Waals surface area (Å²) in [6, 6.07) is 8.72. The van der Waals surface area contributed by atoms with Crippen molar-refractivity contribution in [2.45, 2.75) is 45.1 Å². The Bertz CT molecular complexity index is 351. The van der Waals surface area contributed by atoms with Gasteiger partial charge in [0.15, 0.2) is 0 Å². The third-order valence-corrected chi connectivity index (χ3v) is 3.64. The van der Waals surface area contributed by atoms with Crippen molar-refractivity contribution in [3.05, 3.63) is 29.8 Å². The molecule has 0 aliphatic carbocycles. The Labute approximate surface area is 104 Å². The van der Waals surface area contributed by atoms with Gasteiger partial charge in [0.1, 0.15) is 0 Å². The summed E-state index contributed by atoms with van der Waals surface area (Å²) in [6.07, 6.45) is 5.24. The zero-order valence-corrected chi connectivity index (χ0v) is 10.7. The smallest absolute Gasteiger partial charge is 0.0538 e. The minimum atomic E-state index is -0.116. The van der Waals surface area contributed by atoms with E-state index in [1.54, 1.807) is 0 Å². The molecule has 1 aromatic rings. The van der Waals surface area contributed by atoms with E-state index in [-0.39, 0.29) is 6.10 Å². The molecular weight excluding hydrogens is 210 g/mol. The van der Waals surface area contributed by atoms with Crippen LogP contribution < -0.4 is 4.90 Å². The third kappa shape index (κ3) is 3.22. The molecule has 1 unspecified atom stereocenters. The number of fused-ring (bicyclic) bond motifs is 1. The van der Waals surface area contributed by atoms with Gasteiger partial charge in [-0.05, 0) is 43.7 Å². The highest BCUT2D eigenvalue weighted by atomic mass is 16.3. The number of nitrogens with zero attached hydrogens (tertiary/aromatic N) is 1. The first-order valence-corrected chi connectivity index (χ1v) is 6.82. The van der Waals surface area contributed by atoms with Crippen LogP contribution in [0.15, 0.2) is 24.3 Å². The molecule has 1 atom stereocenters. The summed E-state index contributed by atoms with van der Waals surface area (Å²) in [4.78, 5) is 2.47. The van der Waals surface area contributed by atoms with E-state index in [2.05, 4.69) is 29.2 Å². The lowest BCUT2D eigenvalue weighted by molar-refractivity contribution is 0.158. The van der Waals surface area contributed by atoms with Gasteiger partial charge in [-0.3, -0.25) is 0 Å². The van der Waals surface area contributed by atoms with Gasteiger partial charge in [-0.1, -0.05) is 25.1 Å². The summed E-state index contributed by atoms with van der Waals surface area (Å²) >= 11 is 0. The van der Waals surface area contributed by atoms with Crippen LogP contribution in [-0.2, 0) is 6.42 Å². The van der Waals surface area contributed by atoms with Crippen LogP contribution in [0.2, 0.25) is 0 Å². The summed E-state index contributed by atoms with van der Waals surface area (Å²) in [7, 11) is 0. The van der Waals surface area contributed by atoms with Crippen molar-refractivity contribution in [3.63, 3.8) is 0 Å². The fourth-order valence-corrected chi connectivity index (χ4v) is 2.57. The lowest BCUT2D eigenvalue weighted by Gasteiger charge is -2.31. The Morgan fingerprint density at radius 3 is 3.00 bits per heavy atom. The van der Waals surface area contributed by atoms with E-state index in [1.165, 1.54) is 30.6 Å². The number of benzene rings is 1. The molecule has 0 aromatic heterocycles. The molecule has 2 nitrogen and oxygen atoms in total. The molecular formula is C15H23NO. The fourth-order valence-electron chi connectivity index (χ4n) is 2.57. The molecule has 0 amide bonds. The molecule has 2 rings (SSSR count). The topological polar surface area (TPSA) is 23.5 Å². The van der Waals surface area contributed by atoms with Crippen LogP contribution in [0.4, 0.5) is 5.69 Å². The maximum absolute atomic E-state index is 9.56. The molecule has 1 N–H and O–H groups in total. The maximum Gasteiger partial charge on any atom is 0.0538 e. The van der Waals surface area contributed by atoms with Crippen molar-refractivity contribution in [2.75, 3.05) is 18.0 Å². The molecule has 0 spiro atoms. The summed E-state index contributed by atoms with van der Waals surface area (Å²) in [5.41, 5.74) is 2.89. The van der Waals surface area contributed by atoms with Crippen LogP contribution in [0, 0.1) is 0 Å². The standard InChI is InChI=1S/C15H23NO/c1-2-14(17)9-6-12-16-11-5-8-13-7-3-4-10-15(13)16/h3-4,7,10,14,17H,2,5-6,8-9,11-12H2,1H3. The zero-order valence-electron chi connectivity index (χ0n) is 10.7. The van der Waals surface area contributed by atoms with Crippen molar-refractivity contribution in [1.29, 1.82) is 0 Å². The van der Waals surface area contributed by atoms with E-state index in [4.69, 9.17) is 0 Å². The lowest BCUT2D eigenvalue weighted by Crippen LogP contribution is -2.30. The number of para-hydroxylation sites is 1. The molecule has 0 saturated heterocycles. The molecule has 94 valence electrons. The first-order chi connectivity index (χ1) is 8.31. The van der Waals surface area contributed by atoms with E-state index in [0.29, 0.717) is 0 Å². The van der Waals surface area contributed by atoms with Crippen LogP contribution in [-0.4, -0.2) is 24.3 Å². The average Bonchev–Trinajstić information content (AvgIpc) is 2.39. The second-order valence-corrected chi connectivity index (χ2v) is 4.92. The predicted octanol–water partition coefficient (Wildman–Crippen LogP) is 2.99. The van der Waals surface area contributed by atoms with E-state index in [0.717, 1.165) is 25.8 Å². The quantitative estimate of drug-likeness (QED) is 0.845. The Morgan fingerprint density at radius 2 is 2.18 bits per heavy atom. The molecule has 0 bridgehead atoms. The molecule has 0 radical (unpaired) electrons. The van der Waals surface area contributed by atoms with E-state index >= 15 is 0 Å². The molecule has 0 saturated carbocycles. The lowest BCUT2D eigenvalue weighted by atomic mass is 10.0. The van der Waals surface area contributed by atoms with Gasteiger partial charge in [0.05, 0.1) is 6.10 Å². The molecule has 17 heavy (non-hydrogen) atoms. The average molecular weight is 233 g/mol. The Kier molecular flexibility index (Phi) is 4.43. The van der Waals surface area contributed by atoms with E-state index in [1.807, 2.05) is 6.92 Å². The van der Waals surface area contributed by atoms with Gasteiger partial charge >= 0.3 is 0 Å². The maximum atomic E-state index is 9.56. The highest BCUT2D eigenvalue weighted by molar-refractivity contribution is 5.55. The monoisotopic (exact) mass is 233 g/mol. The number of aliphatic hydroxyl groups is 1. The van der Waals surface area contributed by atoms with Gasteiger partial charge in [0.2, 0.25) is 0 Å². The summed E-state index contributed by atoms with van der Waals surface area (Å²) < 4.78 is 0. The number of aryl methyl sites for hydroxylation is 1. The van der Waals surface area contributed by atoms with Crippen LogP contribution in [0.5, 0.6) is 0 Å². The highest BCUT2D eigenvalue weighted by Crippen LogP contribution is 2.26. The molecule has 1 aromatic carbocycles. The molecule has 1 aliphatic heterocycles. The molecule has 0 fully saturated rings. The minimum absolute atomic E-state index is 0.116. The van der Waals surface area contributed by atoms with Gasteiger partial charge in [-0.15, -0.1) is 0 Å². The van der Waals surface area contributed by atoms with Gasteiger partial charge in [-0.25, -0.2) is 0 Å². The summed E-state index contributed by atoms with van der Waals surface area (Å²) in [5, 5.41) is 9.56. The normalized spacial score (nSPS) is 16.7. The fraction of sp³-hybridized carbons (Fsp3) is 0.600. The summed E-state index contributed by atoms with van der Waals surface area (Å²) in [5.74, 6) is 0. The van der Waals surface area contributed by atoms with Crippen LogP contribution in [0.1, 0.15) is 38.2 Å². The van der Waals surface area contributed by atoms with Crippen LogP contribution >= 0.6 is 0 Å². The first-order valence-electron chi connectivity index (χ1n) is 6.82. The summed E-state index contributed by atoms with van der Waals surface area (Å²) in [6.45, 7) is 4.29. The Morgan fingerprint density at radius 1 is 1.35 bits per heavy atom. The van der Waals surface area contributed by atoms with Crippen molar-refractivity contribution >= 4 is 5.69 Å². The largest absolute Gasteiger partial charge is 0.393 e. The van der Waals surface area contributed by atoms with Crippen LogP contribution in [0.25, 0.3) is 0 Å². The molecule has 1 heterocycles. The highest BCUT2D eigenvalue weighted by Gasteiger charge is 2.15. The number of hydrogen-bond donors (Lipinski definition) is 1. The van der Waals surface area contributed by atoms with Gasteiger partial charge in [0, 0.05) is 18.8 Å². The van der Waals surface area contributed by atoms with Crippen molar-refractivity contribution in [1.82, 2.24) is 0 Å². The van der Waals surface area contributed by atoms with Crippen molar-refractivity contribution < 1.29 is 5.11 Å². The first kappa shape index (κ1) is 12.4. The van der Waals surface area contributed by atoms with E-state index in [9.17, 15) is 5.11 Å². The van der Waals surface area contributed by atoms with Crippen molar-refractivity contribution in [3.8, 4) is 0 Å². The number of hydrogen-bond acceptors (Lipinski definition) is 2. The second kappa shape index (κ2) is 6.06. The third-order valence-electron chi connectivity index (χ3n) is 3.64. The molecule has 2 heteroatoms. The van der Waals surface area contributed by atoms with Gasteiger partial charge in [-0.2, -0.15) is 0 Å². The van der Waals surface area contributed by atoms with Crippen LogP contribution in [0.3, 0.4) is 0 Å². The van der Waals surface area contributed by atoms with Gasteiger partial charge < -0.3 is 10.0 Å². The minimum Gasteiger partial charge on any atom is -0.393 e. The van der Waals surface area contributed by atoms with Gasteiger partial charge in [0.25, 0.3) is 0 Å². The SMILES string of the molecule is CCC(O)CCCN1CCCc2ccccc21. The Hall–Kier alpha value is -1.02. The number of aliphatic hydroxyl groups excluding tert-OH is 1. The van der Waals surface area contributed by atoms with E-state index < -0.39 is 0 Å².